The topological polar surface area (TPSA) is 103 Å². The molecule has 20 heavy (non-hydrogen) atoms. The fraction of sp³-hybridized carbons (Fsp3) is 0.231. The van der Waals surface area contributed by atoms with E-state index in [-0.39, 0.29) is 5.69 Å². The van der Waals surface area contributed by atoms with Crippen LogP contribution in [-0.2, 0) is 11.3 Å². The lowest BCUT2D eigenvalue weighted by molar-refractivity contribution is 0.0527. The minimum atomic E-state index is -0.463. The molecule has 7 nitrogen and oxygen atoms in total. The van der Waals surface area contributed by atoms with Crippen molar-refractivity contribution >= 4 is 17.5 Å². The molecular formula is C13H15N5O2. The van der Waals surface area contributed by atoms with Crippen molar-refractivity contribution in [2.75, 3.05) is 17.7 Å². The summed E-state index contributed by atoms with van der Waals surface area (Å²) in [6.45, 7) is 2.45. The number of pyridine rings is 1. The molecule has 2 aromatic heterocycles. The lowest BCUT2D eigenvalue weighted by atomic mass is 10.2. The van der Waals surface area contributed by atoms with Gasteiger partial charge in [0.1, 0.15) is 5.82 Å². The minimum Gasteiger partial charge on any atom is -0.462 e. The summed E-state index contributed by atoms with van der Waals surface area (Å²) in [5, 5.41) is 10.7. The predicted molar refractivity (Wildman–Crippen MR) is 74.0 cm³/mol. The molecule has 0 saturated heterocycles. The first kappa shape index (κ1) is 13.7. The normalized spacial score (nSPS) is 10.1. The Bertz CT molecular complexity index is 589. The zero-order chi connectivity index (χ0) is 14.4. The first-order valence-electron chi connectivity index (χ1n) is 6.14. The highest BCUT2D eigenvalue weighted by molar-refractivity contribution is 5.97. The second-order valence-corrected chi connectivity index (χ2v) is 3.91. The lowest BCUT2D eigenvalue weighted by Gasteiger charge is -2.10. The molecule has 2 aromatic rings. The smallest absolute Gasteiger partial charge is 0.340 e. The number of nitrogens with zero attached hydrogens (tertiary/aromatic N) is 3. The monoisotopic (exact) mass is 273 g/mol. The molecule has 0 aromatic carbocycles. The van der Waals surface area contributed by atoms with Gasteiger partial charge in [0.2, 0.25) is 0 Å². The number of carbonyl (C=O) groups is 1. The maximum absolute atomic E-state index is 11.7. The van der Waals surface area contributed by atoms with Crippen molar-refractivity contribution in [2.45, 2.75) is 13.5 Å². The molecule has 0 amide bonds. The van der Waals surface area contributed by atoms with Crippen LogP contribution in [0, 0.1) is 0 Å². The van der Waals surface area contributed by atoms with Gasteiger partial charge in [-0.15, -0.1) is 0 Å². The zero-order valence-corrected chi connectivity index (χ0v) is 11.0. The van der Waals surface area contributed by atoms with Crippen LogP contribution in [0.15, 0.2) is 30.6 Å². The molecule has 0 unspecified atom stereocenters. The number of ether oxygens (including phenoxy) is 1. The van der Waals surface area contributed by atoms with E-state index >= 15 is 0 Å². The molecule has 104 valence electrons. The Balaban J connectivity index is 2.12. The number of aromatic nitrogens is 3. The van der Waals surface area contributed by atoms with E-state index in [1.54, 1.807) is 19.2 Å². The van der Waals surface area contributed by atoms with Crippen molar-refractivity contribution < 1.29 is 9.53 Å². The van der Waals surface area contributed by atoms with Gasteiger partial charge in [-0.3, -0.25) is 0 Å². The number of nitrogens with one attached hydrogen (secondary N) is 1. The van der Waals surface area contributed by atoms with Crippen LogP contribution in [0.3, 0.4) is 0 Å². The van der Waals surface area contributed by atoms with Crippen LogP contribution in [0.1, 0.15) is 23.0 Å². The Morgan fingerprint density at radius 1 is 1.40 bits per heavy atom. The van der Waals surface area contributed by atoms with E-state index in [0.717, 1.165) is 5.69 Å². The fourth-order valence-corrected chi connectivity index (χ4v) is 1.60. The Hall–Kier alpha value is -2.70. The fourth-order valence-electron chi connectivity index (χ4n) is 1.60. The van der Waals surface area contributed by atoms with Gasteiger partial charge in [0.25, 0.3) is 0 Å². The number of hydrogen-bond donors (Lipinski definition) is 2. The maximum Gasteiger partial charge on any atom is 0.340 e. The summed E-state index contributed by atoms with van der Waals surface area (Å²) in [7, 11) is 0. The van der Waals surface area contributed by atoms with Gasteiger partial charge in [-0.25, -0.2) is 9.78 Å². The van der Waals surface area contributed by atoms with Crippen LogP contribution in [-0.4, -0.2) is 27.8 Å². The number of anilines is 2. The highest BCUT2D eigenvalue weighted by atomic mass is 16.5. The average Bonchev–Trinajstić information content (AvgIpc) is 2.47. The molecule has 7 heteroatoms. The standard InChI is InChI=1S/C13H15N5O2/c1-2-20-13(19)10-5-7-15-12(11(10)14)16-8-9-4-3-6-17-18-9/h3-7H,2,8,14H2,1H3,(H,15,16). The lowest BCUT2D eigenvalue weighted by Crippen LogP contribution is -2.12. The highest BCUT2D eigenvalue weighted by Gasteiger charge is 2.14. The molecule has 0 aliphatic rings. The maximum atomic E-state index is 11.7. The Labute approximate surface area is 116 Å². The van der Waals surface area contributed by atoms with Crippen molar-refractivity contribution in [1.29, 1.82) is 0 Å². The van der Waals surface area contributed by atoms with Crippen molar-refractivity contribution in [3.8, 4) is 0 Å². The molecule has 2 rings (SSSR count). The molecule has 0 spiro atoms. The third kappa shape index (κ3) is 3.19. The first-order valence-corrected chi connectivity index (χ1v) is 6.14. The van der Waals surface area contributed by atoms with Gasteiger partial charge in [-0.05, 0) is 25.1 Å². The van der Waals surface area contributed by atoms with E-state index in [2.05, 4.69) is 20.5 Å². The number of carbonyl (C=O) groups excluding carboxylic acids is 1. The van der Waals surface area contributed by atoms with E-state index in [1.165, 1.54) is 12.3 Å². The molecule has 0 aliphatic carbocycles. The third-order valence-corrected chi connectivity index (χ3v) is 2.55. The van der Waals surface area contributed by atoms with Crippen LogP contribution >= 0.6 is 0 Å². The van der Waals surface area contributed by atoms with Gasteiger partial charge in [-0.2, -0.15) is 10.2 Å². The van der Waals surface area contributed by atoms with Crippen molar-refractivity contribution in [2.24, 2.45) is 0 Å². The van der Waals surface area contributed by atoms with E-state index in [0.29, 0.717) is 24.5 Å². The molecule has 0 aliphatic heterocycles. The number of hydrogen-bond acceptors (Lipinski definition) is 7. The van der Waals surface area contributed by atoms with Crippen LogP contribution in [0.2, 0.25) is 0 Å². The Morgan fingerprint density at radius 2 is 2.25 bits per heavy atom. The number of nitrogens with two attached hydrogens (primary N) is 1. The van der Waals surface area contributed by atoms with Gasteiger partial charge in [0.15, 0.2) is 0 Å². The summed E-state index contributed by atoms with van der Waals surface area (Å²) in [5.41, 5.74) is 7.22. The van der Waals surface area contributed by atoms with E-state index in [4.69, 9.17) is 10.5 Å². The predicted octanol–water partition coefficient (Wildman–Crippen LogP) is 1.24. The van der Waals surface area contributed by atoms with Crippen molar-refractivity contribution in [3.05, 3.63) is 41.9 Å². The zero-order valence-electron chi connectivity index (χ0n) is 11.0. The van der Waals surface area contributed by atoms with Crippen molar-refractivity contribution in [3.63, 3.8) is 0 Å². The van der Waals surface area contributed by atoms with Gasteiger partial charge in [0, 0.05) is 12.4 Å². The van der Waals surface area contributed by atoms with Crippen LogP contribution in [0.5, 0.6) is 0 Å². The van der Waals surface area contributed by atoms with Gasteiger partial charge in [-0.1, -0.05) is 0 Å². The highest BCUT2D eigenvalue weighted by Crippen LogP contribution is 2.21. The molecule has 0 saturated carbocycles. The van der Waals surface area contributed by atoms with Gasteiger partial charge in [0.05, 0.1) is 30.1 Å². The summed E-state index contributed by atoms with van der Waals surface area (Å²) in [6.07, 6.45) is 3.10. The second kappa shape index (κ2) is 6.46. The summed E-state index contributed by atoms with van der Waals surface area (Å²) in [5.74, 6) is -0.0452. The summed E-state index contributed by atoms with van der Waals surface area (Å²) >= 11 is 0. The van der Waals surface area contributed by atoms with Crippen molar-refractivity contribution in [1.82, 2.24) is 15.2 Å². The third-order valence-electron chi connectivity index (χ3n) is 2.55. The number of esters is 1. The first-order chi connectivity index (χ1) is 9.72. The van der Waals surface area contributed by atoms with Crippen LogP contribution in [0.25, 0.3) is 0 Å². The number of nitrogen functional groups attached to an aromatic ring is 1. The summed E-state index contributed by atoms with van der Waals surface area (Å²) < 4.78 is 4.93. The SMILES string of the molecule is CCOC(=O)c1ccnc(NCc2cccnn2)c1N. The summed E-state index contributed by atoms with van der Waals surface area (Å²) in [6, 6.07) is 5.14. The van der Waals surface area contributed by atoms with E-state index < -0.39 is 5.97 Å². The second-order valence-electron chi connectivity index (χ2n) is 3.91. The molecule has 0 radical (unpaired) electrons. The molecule has 0 atom stereocenters. The Kier molecular flexibility index (Phi) is 4.43. The van der Waals surface area contributed by atoms with E-state index in [9.17, 15) is 4.79 Å². The minimum absolute atomic E-state index is 0.259. The number of rotatable bonds is 5. The Morgan fingerprint density at radius 3 is 2.95 bits per heavy atom. The van der Waals surface area contributed by atoms with Gasteiger partial charge < -0.3 is 15.8 Å². The van der Waals surface area contributed by atoms with Crippen LogP contribution in [0.4, 0.5) is 11.5 Å². The molecule has 0 bridgehead atoms. The quantitative estimate of drug-likeness (QED) is 0.790. The largest absolute Gasteiger partial charge is 0.462 e. The van der Waals surface area contributed by atoms with Gasteiger partial charge >= 0.3 is 5.97 Å². The molecule has 2 heterocycles. The molecular weight excluding hydrogens is 258 g/mol. The molecule has 3 N–H and O–H groups in total. The van der Waals surface area contributed by atoms with E-state index in [1.807, 2.05) is 6.07 Å². The molecule has 0 fully saturated rings. The summed E-state index contributed by atoms with van der Waals surface area (Å²) in [4.78, 5) is 15.8. The average molecular weight is 273 g/mol. The van der Waals surface area contributed by atoms with Crippen LogP contribution < -0.4 is 11.1 Å².